The number of rotatable bonds is 2. The molecule has 0 unspecified atom stereocenters. The summed E-state index contributed by atoms with van der Waals surface area (Å²) < 4.78 is 5.72. The predicted octanol–water partition coefficient (Wildman–Crippen LogP) is 1.99. The Hall–Kier alpha value is -1.25. The Morgan fingerprint density at radius 2 is 2.15 bits per heavy atom. The molecule has 13 heavy (non-hydrogen) atoms. The van der Waals surface area contributed by atoms with Crippen LogP contribution in [0.25, 0.3) is 0 Å². The number of nitrogen functional groups attached to an aromatic ring is 1. The lowest BCUT2D eigenvalue weighted by Crippen LogP contribution is -2.12. The quantitative estimate of drug-likeness (QED) is 0.753. The minimum Gasteiger partial charge on any atom is -0.487 e. The molecule has 0 amide bonds. The van der Waals surface area contributed by atoms with Crippen LogP contribution in [-0.2, 0) is 0 Å². The SMILES string of the molecule is Nc1ccncc1OC1CCCC1. The van der Waals surface area contributed by atoms with Crippen LogP contribution in [0.5, 0.6) is 5.75 Å². The Morgan fingerprint density at radius 1 is 1.38 bits per heavy atom. The van der Waals surface area contributed by atoms with E-state index in [1.54, 1.807) is 18.5 Å². The molecule has 1 fully saturated rings. The van der Waals surface area contributed by atoms with Crippen LogP contribution in [0, 0.1) is 0 Å². The minimum atomic E-state index is 0.353. The van der Waals surface area contributed by atoms with Crippen molar-refractivity contribution in [2.45, 2.75) is 31.8 Å². The van der Waals surface area contributed by atoms with Gasteiger partial charge in [-0.3, -0.25) is 4.98 Å². The Kier molecular flexibility index (Phi) is 2.34. The third kappa shape index (κ3) is 1.91. The van der Waals surface area contributed by atoms with Crippen molar-refractivity contribution in [2.24, 2.45) is 0 Å². The molecule has 1 aromatic heterocycles. The number of aromatic nitrogens is 1. The van der Waals surface area contributed by atoms with Crippen molar-refractivity contribution in [3.63, 3.8) is 0 Å². The fourth-order valence-electron chi connectivity index (χ4n) is 1.67. The number of pyridine rings is 1. The number of ether oxygens (including phenoxy) is 1. The third-order valence-electron chi connectivity index (χ3n) is 2.41. The summed E-state index contributed by atoms with van der Waals surface area (Å²) in [7, 11) is 0. The van der Waals surface area contributed by atoms with Gasteiger partial charge in [0.25, 0.3) is 0 Å². The maximum absolute atomic E-state index is 5.73. The largest absolute Gasteiger partial charge is 0.487 e. The molecule has 3 heteroatoms. The first kappa shape index (κ1) is 8.35. The van der Waals surface area contributed by atoms with Gasteiger partial charge in [0.05, 0.1) is 18.0 Å². The van der Waals surface area contributed by atoms with Crippen LogP contribution < -0.4 is 10.5 Å². The molecule has 1 aliphatic rings. The van der Waals surface area contributed by atoms with Gasteiger partial charge in [0.15, 0.2) is 5.75 Å². The molecule has 1 aromatic rings. The van der Waals surface area contributed by atoms with E-state index in [4.69, 9.17) is 10.5 Å². The van der Waals surface area contributed by atoms with Gasteiger partial charge in [-0.05, 0) is 31.7 Å². The van der Waals surface area contributed by atoms with Crippen LogP contribution in [-0.4, -0.2) is 11.1 Å². The van der Waals surface area contributed by atoms with Crippen molar-refractivity contribution < 1.29 is 4.74 Å². The fraction of sp³-hybridized carbons (Fsp3) is 0.500. The Balaban J connectivity index is 2.04. The van der Waals surface area contributed by atoms with Gasteiger partial charge in [-0.2, -0.15) is 0 Å². The topological polar surface area (TPSA) is 48.1 Å². The van der Waals surface area contributed by atoms with E-state index in [2.05, 4.69) is 4.98 Å². The molecule has 1 aliphatic carbocycles. The maximum atomic E-state index is 5.73. The molecule has 2 N–H and O–H groups in total. The first-order chi connectivity index (χ1) is 6.36. The van der Waals surface area contributed by atoms with Crippen molar-refractivity contribution in [2.75, 3.05) is 5.73 Å². The molecule has 0 radical (unpaired) electrons. The summed E-state index contributed by atoms with van der Waals surface area (Å²) in [5, 5.41) is 0. The summed E-state index contributed by atoms with van der Waals surface area (Å²) in [6, 6.07) is 1.77. The lowest BCUT2D eigenvalue weighted by atomic mass is 10.3. The van der Waals surface area contributed by atoms with Gasteiger partial charge >= 0.3 is 0 Å². The van der Waals surface area contributed by atoms with Gasteiger partial charge in [0, 0.05) is 6.20 Å². The zero-order chi connectivity index (χ0) is 9.10. The van der Waals surface area contributed by atoms with Gasteiger partial charge in [0.1, 0.15) is 0 Å². The average molecular weight is 178 g/mol. The fourth-order valence-corrected chi connectivity index (χ4v) is 1.67. The molecule has 70 valence electrons. The number of anilines is 1. The second kappa shape index (κ2) is 3.64. The van der Waals surface area contributed by atoms with E-state index in [9.17, 15) is 0 Å². The minimum absolute atomic E-state index is 0.353. The van der Waals surface area contributed by atoms with Crippen LogP contribution in [0.1, 0.15) is 25.7 Å². The molecule has 0 aromatic carbocycles. The molecule has 2 rings (SSSR count). The van der Waals surface area contributed by atoms with E-state index in [-0.39, 0.29) is 0 Å². The summed E-state index contributed by atoms with van der Waals surface area (Å²) in [4.78, 5) is 3.98. The second-order valence-electron chi connectivity index (χ2n) is 3.44. The first-order valence-electron chi connectivity index (χ1n) is 4.72. The van der Waals surface area contributed by atoms with Gasteiger partial charge < -0.3 is 10.5 Å². The van der Waals surface area contributed by atoms with Crippen molar-refractivity contribution in [1.29, 1.82) is 0 Å². The van der Waals surface area contributed by atoms with E-state index >= 15 is 0 Å². The molecule has 0 spiro atoms. The zero-order valence-corrected chi connectivity index (χ0v) is 7.57. The van der Waals surface area contributed by atoms with Crippen LogP contribution in [0.3, 0.4) is 0 Å². The molecular weight excluding hydrogens is 164 g/mol. The van der Waals surface area contributed by atoms with Crippen molar-refractivity contribution in [3.05, 3.63) is 18.5 Å². The van der Waals surface area contributed by atoms with E-state index in [0.717, 1.165) is 18.6 Å². The third-order valence-corrected chi connectivity index (χ3v) is 2.41. The molecule has 1 heterocycles. The van der Waals surface area contributed by atoms with Gasteiger partial charge in [-0.25, -0.2) is 0 Å². The van der Waals surface area contributed by atoms with Crippen molar-refractivity contribution in [1.82, 2.24) is 4.98 Å². The monoisotopic (exact) mass is 178 g/mol. The lowest BCUT2D eigenvalue weighted by Gasteiger charge is -2.13. The molecular formula is C10H14N2O. The average Bonchev–Trinajstić information content (AvgIpc) is 2.61. The van der Waals surface area contributed by atoms with Gasteiger partial charge in [-0.1, -0.05) is 0 Å². The molecule has 0 aliphatic heterocycles. The molecule has 0 saturated heterocycles. The highest BCUT2D eigenvalue weighted by atomic mass is 16.5. The highest BCUT2D eigenvalue weighted by Crippen LogP contribution is 2.26. The maximum Gasteiger partial charge on any atom is 0.160 e. The number of nitrogens with zero attached hydrogens (tertiary/aromatic N) is 1. The van der Waals surface area contributed by atoms with Crippen molar-refractivity contribution >= 4 is 5.69 Å². The summed E-state index contributed by atoms with van der Waals surface area (Å²) in [5.41, 5.74) is 6.42. The zero-order valence-electron chi connectivity index (χ0n) is 7.57. The van der Waals surface area contributed by atoms with Crippen LogP contribution in [0.4, 0.5) is 5.69 Å². The molecule has 1 saturated carbocycles. The Bertz CT molecular complexity index is 282. The molecule has 3 nitrogen and oxygen atoms in total. The second-order valence-corrected chi connectivity index (χ2v) is 3.44. The first-order valence-corrected chi connectivity index (χ1v) is 4.72. The number of hydrogen-bond donors (Lipinski definition) is 1. The smallest absolute Gasteiger partial charge is 0.160 e. The van der Waals surface area contributed by atoms with E-state index in [1.165, 1.54) is 12.8 Å². The summed E-state index contributed by atoms with van der Waals surface area (Å²) in [5.74, 6) is 0.731. The summed E-state index contributed by atoms with van der Waals surface area (Å²) >= 11 is 0. The van der Waals surface area contributed by atoms with Gasteiger partial charge in [0.2, 0.25) is 0 Å². The predicted molar refractivity (Wildman–Crippen MR) is 51.5 cm³/mol. The Morgan fingerprint density at radius 3 is 2.85 bits per heavy atom. The van der Waals surface area contributed by atoms with Crippen molar-refractivity contribution in [3.8, 4) is 5.75 Å². The highest BCUT2D eigenvalue weighted by molar-refractivity contribution is 5.49. The van der Waals surface area contributed by atoms with Crippen LogP contribution >= 0.6 is 0 Å². The number of nitrogens with two attached hydrogens (primary N) is 1. The van der Waals surface area contributed by atoms with E-state index in [0.29, 0.717) is 11.8 Å². The normalized spacial score (nSPS) is 17.5. The summed E-state index contributed by atoms with van der Waals surface area (Å²) in [6.07, 6.45) is 8.55. The lowest BCUT2D eigenvalue weighted by molar-refractivity contribution is 0.210. The molecule has 0 bridgehead atoms. The van der Waals surface area contributed by atoms with E-state index < -0.39 is 0 Å². The summed E-state index contributed by atoms with van der Waals surface area (Å²) in [6.45, 7) is 0. The highest BCUT2D eigenvalue weighted by Gasteiger charge is 2.17. The standard InChI is InChI=1S/C10H14N2O/c11-9-5-6-12-7-10(9)13-8-3-1-2-4-8/h5-8H,1-4H2,(H2,11,12). The van der Waals surface area contributed by atoms with Gasteiger partial charge in [-0.15, -0.1) is 0 Å². The molecule has 0 atom stereocenters. The van der Waals surface area contributed by atoms with Crippen LogP contribution in [0.15, 0.2) is 18.5 Å². The number of hydrogen-bond acceptors (Lipinski definition) is 3. The Labute approximate surface area is 77.9 Å². The van der Waals surface area contributed by atoms with E-state index in [1.807, 2.05) is 0 Å². The van der Waals surface area contributed by atoms with Crippen LogP contribution in [0.2, 0.25) is 0 Å².